The van der Waals surface area contributed by atoms with E-state index in [4.69, 9.17) is 0 Å². The van der Waals surface area contributed by atoms with Gasteiger partial charge in [-0.2, -0.15) is 4.39 Å². The van der Waals surface area contributed by atoms with Crippen LogP contribution in [-0.2, 0) is 9.59 Å². The number of amides is 2. The van der Waals surface area contributed by atoms with Crippen LogP contribution in [0, 0.1) is 27.8 Å². The molecule has 26 heavy (non-hydrogen) atoms. The zero-order chi connectivity index (χ0) is 18.8. The Morgan fingerprint density at radius 2 is 2.00 bits per heavy atom. The lowest BCUT2D eigenvalue weighted by Gasteiger charge is -2.33. The molecular formula is C18H22FN3O4. The Bertz CT molecular complexity index is 731. The number of hydrogen-bond acceptors (Lipinski definition) is 4. The number of carbonyl (C=O) groups excluding carboxylic acids is 2. The summed E-state index contributed by atoms with van der Waals surface area (Å²) in [6, 6.07) is 3.41. The van der Waals surface area contributed by atoms with Crippen molar-refractivity contribution in [2.24, 2.45) is 11.8 Å². The van der Waals surface area contributed by atoms with Crippen LogP contribution < -0.4 is 5.32 Å². The van der Waals surface area contributed by atoms with Gasteiger partial charge in [0, 0.05) is 30.8 Å². The van der Waals surface area contributed by atoms with Crippen LogP contribution in [0.25, 0.3) is 0 Å². The lowest BCUT2D eigenvalue weighted by atomic mass is 9.87. The summed E-state index contributed by atoms with van der Waals surface area (Å²) in [4.78, 5) is 36.5. The van der Waals surface area contributed by atoms with E-state index in [9.17, 15) is 24.1 Å². The van der Waals surface area contributed by atoms with Gasteiger partial charge in [-0.05, 0) is 43.7 Å². The van der Waals surface area contributed by atoms with Gasteiger partial charge < -0.3 is 10.2 Å². The molecule has 2 amide bonds. The van der Waals surface area contributed by atoms with Gasteiger partial charge in [-0.3, -0.25) is 19.7 Å². The predicted molar refractivity (Wildman–Crippen MR) is 92.9 cm³/mol. The summed E-state index contributed by atoms with van der Waals surface area (Å²) in [5.41, 5.74) is -0.538. The summed E-state index contributed by atoms with van der Waals surface area (Å²) >= 11 is 0. The fourth-order valence-corrected chi connectivity index (χ4v) is 3.79. The predicted octanol–water partition coefficient (Wildman–Crippen LogP) is 3.10. The van der Waals surface area contributed by atoms with Crippen LogP contribution in [-0.4, -0.2) is 34.2 Å². The van der Waals surface area contributed by atoms with Crippen LogP contribution in [0.5, 0.6) is 0 Å². The monoisotopic (exact) mass is 363 g/mol. The van der Waals surface area contributed by atoms with Crippen LogP contribution in [0.1, 0.15) is 39.0 Å². The quantitative estimate of drug-likeness (QED) is 0.657. The first-order chi connectivity index (χ1) is 12.3. The third kappa shape index (κ3) is 3.84. The minimum atomic E-state index is -0.957. The van der Waals surface area contributed by atoms with Crippen LogP contribution >= 0.6 is 0 Å². The molecule has 1 atom stereocenters. The molecule has 2 aliphatic rings. The number of nitro groups is 1. The van der Waals surface area contributed by atoms with Gasteiger partial charge in [0.05, 0.1) is 10.8 Å². The molecule has 0 aromatic heterocycles. The van der Waals surface area contributed by atoms with Crippen LogP contribution in [0.3, 0.4) is 0 Å². The van der Waals surface area contributed by atoms with E-state index in [-0.39, 0.29) is 30.0 Å². The number of rotatable bonds is 4. The highest BCUT2D eigenvalue weighted by molar-refractivity contribution is 5.97. The summed E-state index contributed by atoms with van der Waals surface area (Å²) in [6.07, 6.45) is 4.24. The van der Waals surface area contributed by atoms with E-state index >= 15 is 0 Å². The fraction of sp³-hybridized carbons (Fsp3) is 0.556. The Labute approximate surface area is 150 Å². The first-order valence-corrected chi connectivity index (χ1v) is 8.89. The van der Waals surface area contributed by atoms with Crippen molar-refractivity contribution in [3.05, 3.63) is 34.1 Å². The third-order valence-corrected chi connectivity index (χ3v) is 5.37. The highest BCUT2D eigenvalue weighted by Gasteiger charge is 2.38. The summed E-state index contributed by atoms with van der Waals surface area (Å²) in [7, 11) is 0. The second kappa shape index (κ2) is 7.39. The molecule has 1 aromatic rings. The molecular weight excluding hydrogens is 341 g/mol. The molecule has 0 radical (unpaired) electrons. The van der Waals surface area contributed by atoms with Gasteiger partial charge in [-0.25, -0.2) is 0 Å². The second-order valence-corrected chi connectivity index (χ2v) is 7.27. The van der Waals surface area contributed by atoms with Crippen molar-refractivity contribution in [1.82, 2.24) is 4.90 Å². The van der Waals surface area contributed by atoms with Crippen molar-refractivity contribution in [3.8, 4) is 0 Å². The molecule has 1 unspecified atom stereocenters. The van der Waals surface area contributed by atoms with Crippen LogP contribution in [0.15, 0.2) is 18.2 Å². The van der Waals surface area contributed by atoms with Crippen LogP contribution in [0.2, 0.25) is 0 Å². The Morgan fingerprint density at radius 3 is 2.65 bits per heavy atom. The zero-order valence-electron chi connectivity index (χ0n) is 14.6. The maximum absolute atomic E-state index is 13.4. The SMILES string of the molecule is CC1CCC(N2CC(C(=O)Nc3ccc(F)c([N+](=O)[O-])c3)CC2=O)CC1. The molecule has 3 rings (SSSR count). The van der Waals surface area contributed by atoms with E-state index in [0.717, 1.165) is 37.8 Å². The number of nitro benzene ring substituents is 1. The first kappa shape index (κ1) is 18.3. The van der Waals surface area contributed by atoms with Crippen molar-refractivity contribution >= 4 is 23.2 Å². The van der Waals surface area contributed by atoms with Crippen molar-refractivity contribution in [3.63, 3.8) is 0 Å². The number of halogens is 1. The van der Waals surface area contributed by atoms with E-state index in [0.29, 0.717) is 12.5 Å². The first-order valence-electron chi connectivity index (χ1n) is 8.89. The lowest BCUT2D eigenvalue weighted by molar-refractivity contribution is -0.387. The van der Waals surface area contributed by atoms with Gasteiger partial charge in [0.25, 0.3) is 0 Å². The van der Waals surface area contributed by atoms with Crippen LogP contribution in [0.4, 0.5) is 15.8 Å². The van der Waals surface area contributed by atoms with E-state index in [1.54, 1.807) is 0 Å². The fourth-order valence-electron chi connectivity index (χ4n) is 3.79. The molecule has 2 fully saturated rings. The molecule has 1 aliphatic heterocycles. The normalized spacial score (nSPS) is 26.0. The van der Waals surface area contributed by atoms with E-state index < -0.39 is 22.3 Å². The smallest absolute Gasteiger partial charge is 0.306 e. The molecule has 1 heterocycles. The Balaban J connectivity index is 1.63. The molecule has 1 saturated heterocycles. The van der Waals surface area contributed by atoms with Crippen molar-refractivity contribution in [2.45, 2.75) is 45.1 Å². The van der Waals surface area contributed by atoms with Gasteiger partial charge >= 0.3 is 5.69 Å². The molecule has 8 heteroatoms. The molecule has 140 valence electrons. The molecule has 0 spiro atoms. The van der Waals surface area contributed by atoms with Gasteiger partial charge in [-0.1, -0.05) is 6.92 Å². The number of nitrogens with one attached hydrogen (secondary N) is 1. The van der Waals surface area contributed by atoms with Crippen molar-refractivity contribution in [2.75, 3.05) is 11.9 Å². The Kier molecular flexibility index (Phi) is 5.20. The Hall–Kier alpha value is -2.51. The molecule has 0 bridgehead atoms. The maximum Gasteiger partial charge on any atom is 0.306 e. The molecule has 1 N–H and O–H groups in total. The van der Waals surface area contributed by atoms with Crippen molar-refractivity contribution in [1.29, 1.82) is 0 Å². The minimum absolute atomic E-state index is 0.0187. The summed E-state index contributed by atoms with van der Waals surface area (Å²) in [6.45, 7) is 2.58. The second-order valence-electron chi connectivity index (χ2n) is 7.27. The van der Waals surface area contributed by atoms with Gasteiger partial charge in [0.1, 0.15) is 0 Å². The number of anilines is 1. The lowest BCUT2D eigenvalue weighted by Crippen LogP contribution is -2.39. The van der Waals surface area contributed by atoms with E-state index in [1.165, 1.54) is 6.07 Å². The summed E-state index contributed by atoms with van der Waals surface area (Å²) < 4.78 is 13.4. The average Bonchev–Trinajstić information content (AvgIpc) is 2.99. The van der Waals surface area contributed by atoms with Gasteiger partial charge in [0.2, 0.25) is 17.6 Å². The van der Waals surface area contributed by atoms with E-state index in [2.05, 4.69) is 12.2 Å². The minimum Gasteiger partial charge on any atom is -0.339 e. The molecule has 1 saturated carbocycles. The van der Waals surface area contributed by atoms with Crippen molar-refractivity contribution < 1.29 is 18.9 Å². The molecule has 1 aliphatic carbocycles. The van der Waals surface area contributed by atoms with Gasteiger partial charge in [0.15, 0.2) is 0 Å². The summed E-state index contributed by atoms with van der Waals surface area (Å²) in [5, 5.41) is 13.4. The highest BCUT2D eigenvalue weighted by atomic mass is 19.1. The maximum atomic E-state index is 13.4. The van der Waals surface area contributed by atoms with E-state index in [1.807, 2.05) is 4.90 Å². The number of nitrogens with zero attached hydrogens (tertiary/aromatic N) is 2. The molecule has 7 nitrogen and oxygen atoms in total. The number of carbonyl (C=O) groups is 2. The number of likely N-dealkylation sites (tertiary alicyclic amines) is 1. The number of benzene rings is 1. The largest absolute Gasteiger partial charge is 0.339 e. The third-order valence-electron chi connectivity index (χ3n) is 5.37. The average molecular weight is 363 g/mol. The van der Waals surface area contributed by atoms with Gasteiger partial charge in [-0.15, -0.1) is 0 Å². The standard InChI is InChI=1S/C18H22FN3O4/c1-11-2-5-14(6-3-11)21-10-12(8-17(21)23)18(24)20-13-4-7-15(19)16(9-13)22(25)26/h4,7,9,11-12,14H,2-3,5-6,8,10H2,1H3,(H,20,24). The summed E-state index contributed by atoms with van der Waals surface area (Å²) in [5.74, 6) is -1.16. The Morgan fingerprint density at radius 1 is 1.31 bits per heavy atom. The number of hydrogen-bond donors (Lipinski definition) is 1. The zero-order valence-corrected chi connectivity index (χ0v) is 14.6. The highest BCUT2D eigenvalue weighted by Crippen LogP contribution is 2.32. The topological polar surface area (TPSA) is 92.6 Å². The molecule has 1 aromatic carbocycles.